The zero-order valence-corrected chi connectivity index (χ0v) is 11.6. The number of ether oxygens (including phenoxy) is 1. The molecule has 2 fully saturated rings. The first-order valence-corrected chi connectivity index (χ1v) is 7.82. The molecule has 1 aromatic rings. The zero-order chi connectivity index (χ0) is 12.4. The average molecular weight is 266 g/mol. The van der Waals surface area contributed by atoms with Crippen molar-refractivity contribution in [3.8, 4) is 0 Å². The summed E-state index contributed by atoms with van der Waals surface area (Å²) in [6, 6.07) is 5.05. The van der Waals surface area contributed by atoms with Gasteiger partial charge in [0.15, 0.2) is 0 Å². The van der Waals surface area contributed by atoms with Crippen molar-refractivity contribution in [2.75, 3.05) is 13.2 Å². The number of nitrogens with zero attached hydrogens (tertiary/aromatic N) is 1. The first-order chi connectivity index (χ1) is 8.86. The highest BCUT2D eigenvalue weighted by Gasteiger charge is 2.34. The van der Waals surface area contributed by atoms with Gasteiger partial charge in [0.25, 0.3) is 0 Å². The fourth-order valence-electron chi connectivity index (χ4n) is 3.19. The summed E-state index contributed by atoms with van der Waals surface area (Å²) in [7, 11) is 0. The summed E-state index contributed by atoms with van der Waals surface area (Å²) >= 11 is 1.86. The predicted octanol–water partition coefficient (Wildman–Crippen LogP) is 2.35. The molecule has 2 atom stereocenters. The molecule has 0 spiro atoms. The number of hydrogen-bond acceptors (Lipinski definition) is 4. The fraction of sp³-hybridized carbons (Fsp3) is 0.714. The summed E-state index contributed by atoms with van der Waals surface area (Å²) in [5, 5.41) is 0. The van der Waals surface area contributed by atoms with E-state index in [1.165, 1.54) is 35.4 Å². The average Bonchev–Trinajstić information content (AvgIpc) is 2.87. The molecule has 1 aliphatic heterocycles. The molecule has 2 heterocycles. The molecule has 2 aliphatic rings. The molecule has 3 nitrogen and oxygen atoms in total. The Morgan fingerprint density at radius 1 is 1.28 bits per heavy atom. The Morgan fingerprint density at radius 2 is 2.11 bits per heavy atom. The van der Waals surface area contributed by atoms with Gasteiger partial charge in [-0.3, -0.25) is 4.90 Å². The Morgan fingerprint density at radius 3 is 2.94 bits per heavy atom. The molecule has 1 aromatic heterocycles. The van der Waals surface area contributed by atoms with Crippen molar-refractivity contribution >= 4 is 11.3 Å². The van der Waals surface area contributed by atoms with E-state index < -0.39 is 0 Å². The van der Waals surface area contributed by atoms with Crippen molar-refractivity contribution in [3.63, 3.8) is 0 Å². The lowest BCUT2D eigenvalue weighted by Crippen LogP contribution is -2.51. The molecule has 1 aliphatic carbocycles. The van der Waals surface area contributed by atoms with Gasteiger partial charge in [0.05, 0.1) is 12.7 Å². The number of thiophene rings is 1. The van der Waals surface area contributed by atoms with Crippen LogP contribution in [0.2, 0.25) is 0 Å². The summed E-state index contributed by atoms with van der Waals surface area (Å²) in [6.07, 6.45) is 5.74. The van der Waals surface area contributed by atoms with Crippen molar-refractivity contribution < 1.29 is 4.74 Å². The van der Waals surface area contributed by atoms with Crippen molar-refractivity contribution in [1.29, 1.82) is 0 Å². The number of nitrogens with two attached hydrogens (primary N) is 1. The van der Waals surface area contributed by atoms with Crippen LogP contribution in [0.4, 0.5) is 0 Å². The molecule has 3 rings (SSSR count). The van der Waals surface area contributed by atoms with Crippen LogP contribution in [0.3, 0.4) is 0 Å². The summed E-state index contributed by atoms with van der Waals surface area (Å²) < 4.78 is 5.92. The van der Waals surface area contributed by atoms with Gasteiger partial charge in [0, 0.05) is 35.4 Å². The third-order valence-corrected chi connectivity index (χ3v) is 5.22. The van der Waals surface area contributed by atoms with Crippen LogP contribution >= 0.6 is 11.3 Å². The lowest BCUT2D eigenvalue weighted by Gasteiger charge is -2.43. The van der Waals surface area contributed by atoms with E-state index in [1.54, 1.807) is 0 Å². The van der Waals surface area contributed by atoms with E-state index >= 15 is 0 Å². The minimum Gasteiger partial charge on any atom is -0.375 e. The van der Waals surface area contributed by atoms with Gasteiger partial charge in [-0.1, -0.05) is 12.8 Å². The normalized spacial score (nSPS) is 29.2. The quantitative estimate of drug-likeness (QED) is 0.912. The first-order valence-electron chi connectivity index (χ1n) is 7.00. The predicted molar refractivity (Wildman–Crippen MR) is 74.6 cm³/mol. The molecule has 0 radical (unpaired) electrons. The summed E-state index contributed by atoms with van der Waals surface area (Å²) in [5.74, 6) is 0. The smallest absolute Gasteiger partial charge is 0.0731 e. The van der Waals surface area contributed by atoms with E-state index in [1.807, 2.05) is 11.3 Å². The third kappa shape index (κ3) is 2.62. The largest absolute Gasteiger partial charge is 0.375 e. The lowest BCUT2D eigenvalue weighted by atomic mass is 9.90. The van der Waals surface area contributed by atoms with Gasteiger partial charge >= 0.3 is 0 Å². The van der Waals surface area contributed by atoms with Crippen molar-refractivity contribution in [3.05, 3.63) is 21.9 Å². The van der Waals surface area contributed by atoms with E-state index in [9.17, 15) is 0 Å². The topological polar surface area (TPSA) is 38.5 Å². The highest BCUT2D eigenvalue weighted by atomic mass is 32.1. The SMILES string of the molecule is NCc1ccc(CN2CCOC3CCCCC32)s1. The molecule has 1 saturated heterocycles. The maximum atomic E-state index is 5.92. The maximum absolute atomic E-state index is 5.92. The molecule has 18 heavy (non-hydrogen) atoms. The standard InChI is InChI=1S/C14H22N2OS/c15-9-11-5-6-12(18-11)10-16-7-8-17-14-4-2-1-3-13(14)16/h5-6,13-14H,1-4,7-10,15H2. The van der Waals surface area contributed by atoms with Crippen LogP contribution in [0.25, 0.3) is 0 Å². The lowest BCUT2D eigenvalue weighted by molar-refractivity contribution is -0.0908. The van der Waals surface area contributed by atoms with Crippen LogP contribution in [0, 0.1) is 0 Å². The second kappa shape index (κ2) is 5.70. The van der Waals surface area contributed by atoms with Gasteiger partial charge in [-0.15, -0.1) is 11.3 Å². The summed E-state index contributed by atoms with van der Waals surface area (Å²) in [6.45, 7) is 3.72. The zero-order valence-electron chi connectivity index (χ0n) is 10.8. The van der Waals surface area contributed by atoms with Crippen LogP contribution in [0.1, 0.15) is 35.4 Å². The maximum Gasteiger partial charge on any atom is 0.0731 e. The number of rotatable bonds is 3. The van der Waals surface area contributed by atoms with Crippen LogP contribution in [-0.4, -0.2) is 30.2 Å². The van der Waals surface area contributed by atoms with Crippen LogP contribution in [0.5, 0.6) is 0 Å². The second-order valence-corrected chi connectivity index (χ2v) is 6.56. The fourth-order valence-corrected chi connectivity index (χ4v) is 4.11. The summed E-state index contributed by atoms with van der Waals surface area (Å²) in [4.78, 5) is 5.36. The van der Waals surface area contributed by atoms with Gasteiger partial charge in [0.2, 0.25) is 0 Å². The molecule has 100 valence electrons. The van der Waals surface area contributed by atoms with Gasteiger partial charge in [-0.2, -0.15) is 0 Å². The molecule has 0 aromatic carbocycles. The van der Waals surface area contributed by atoms with E-state index in [2.05, 4.69) is 17.0 Å². The van der Waals surface area contributed by atoms with Crippen molar-refractivity contribution in [1.82, 2.24) is 4.90 Å². The van der Waals surface area contributed by atoms with Crippen LogP contribution in [0.15, 0.2) is 12.1 Å². The molecule has 0 amide bonds. The molecule has 2 N–H and O–H groups in total. The molecule has 0 bridgehead atoms. The minimum atomic E-state index is 0.487. The Balaban J connectivity index is 1.66. The highest BCUT2D eigenvalue weighted by Crippen LogP contribution is 2.30. The highest BCUT2D eigenvalue weighted by molar-refractivity contribution is 7.11. The van der Waals surface area contributed by atoms with E-state index in [0.29, 0.717) is 18.7 Å². The molecule has 4 heteroatoms. The van der Waals surface area contributed by atoms with E-state index in [0.717, 1.165) is 19.7 Å². The number of morpholine rings is 1. The van der Waals surface area contributed by atoms with Crippen molar-refractivity contribution in [2.45, 2.75) is 50.9 Å². The van der Waals surface area contributed by atoms with Crippen molar-refractivity contribution in [2.24, 2.45) is 5.73 Å². The Hall–Kier alpha value is -0.420. The third-order valence-electron chi connectivity index (χ3n) is 4.12. The minimum absolute atomic E-state index is 0.487. The Kier molecular flexibility index (Phi) is 3.99. The van der Waals surface area contributed by atoms with Crippen LogP contribution in [-0.2, 0) is 17.8 Å². The summed E-state index contributed by atoms with van der Waals surface area (Å²) in [5.41, 5.74) is 5.68. The monoisotopic (exact) mass is 266 g/mol. The van der Waals surface area contributed by atoms with E-state index in [4.69, 9.17) is 10.5 Å². The number of fused-ring (bicyclic) bond motifs is 1. The second-order valence-electron chi connectivity index (χ2n) is 5.30. The van der Waals surface area contributed by atoms with Crippen LogP contribution < -0.4 is 5.73 Å². The van der Waals surface area contributed by atoms with Gasteiger partial charge in [0.1, 0.15) is 0 Å². The molecule has 2 unspecified atom stereocenters. The van der Waals surface area contributed by atoms with Gasteiger partial charge in [-0.25, -0.2) is 0 Å². The molecular weight excluding hydrogens is 244 g/mol. The Labute approximate surface area is 113 Å². The Bertz CT molecular complexity index is 391. The van der Waals surface area contributed by atoms with E-state index in [-0.39, 0.29) is 0 Å². The van der Waals surface area contributed by atoms with Gasteiger partial charge < -0.3 is 10.5 Å². The molecule has 1 saturated carbocycles. The molecular formula is C14H22N2OS. The van der Waals surface area contributed by atoms with Gasteiger partial charge in [-0.05, 0) is 25.0 Å². The number of hydrogen-bond donors (Lipinski definition) is 1. The first kappa shape index (κ1) is 12.6.